The first kappa shape index (κ1) is 33.1. The lowest BCUT2D eigenvalue weighted by Gasteiger charge is -2.07. The second-order valence-corrected chi connectivity index (χ2v) is 10.8. The molecule has 14 heteroatoms. The number of aromatic hydroxyl groups is 1. The van der Waals surface area contributed by atoms with Gasteiger partial charge in [-0.2, -0.15) is 11.8 Å². The minimum Gasteiger partial charge on any atom is -0.507 e. The van der Waals surface area contributed by atoms with E-state index in [-0.39, 0.29) is 35.0 Å². The molecular formula is C27H30N4O8S2. The van der Waals surface area contributed by atoms with Gasteiger partial charge in [-0.25, -0.2) is 18.7 Å². The number of ketones is 1. The number of phenols is 1. The van der Waals surface area contributed by atoms with E-state index in [4.69, 9.17) is 15.0 Å². The van der Waals surface area contributed by atoms with Gasteiger partial charge >= 0.3 is 5.97 Å². The van der Waals surface area contributed by atoms with E-state index in [1.807, 2.05) is 12.1 Å². The monoisotopic (exact) mass is 602 g/mol. The lowest BCUT2D eigenvalue weighted by molar-refractivity contribution is -0.134. The number of aliphatic carboxylic acids is 1. The first-order valence-electron chi connectivity index (χ1n) is 12.1. The van der Waals surface area contributed by atoms with Gasteiger partial charge in [-0.05, 0) is 48.4 Å². The van der Waals surface area contributed by atoms with Crippen molar-refractivity contribution in [1.82, 2.24) is 20.0 Å². The summed E-state index contributed by atoms with van der Waals surface area (Å²) in [5, 5.41) is 28.6. The van der Waals surface area contributed by atoms with Crippen molar-refractivity contribution in [1.29, 1.82) is 0 Å². The molecule has 1 amide bonds. The average Bonchev–Trinajstić information content (AvgIpc) is 2.93. The molecule has 1 unspecified atom stereocenters. The number of amides is 1. The van der Waals surface area contributed by atoms with E-state index < -0.39 is 34.6 Å². The summed E-state index contributed by atoms with van der Waals surface area (Å²) in [4.78, 5) is 52.8. The van der Waals surface area contributed by atoms with E-state index in [1.165, 1.54) is 41.3 Å². The molecule has 3 rings (SSSR count). The highest BCUT2D eigenvalue weighted by atomic mass is 32.2. The number of hydrogen-bond acceptors (Lipinski definition) is 9. The molecular weight excluding hydrogens is 572 g/mol. The Kier molecular flexibility index (Phi) is 13.6. The maximum absolute atomic E-state index is 12.4. The fourth-order valence-corrected chi connectivity index (χ4v) is 4.87. The molecule has 0 bridgehead atoms. The SMILES string of the molecule is CC(=O)O.Cc1ccccc1CCSCC(=O)CNC(=O)c1cnc(CNS(=O)c2ccc(O)c(C(=O)O)c2)cn1. The van der Waals surface area contributed by atoms with Gasteiger partial charge in [0.15, 0.2) is 5.78 Å². The molecule has 0 spiro atoms. The normalized spacial score (nSPS) is 11.1. The minimum atomic E-state index is -1.77. The number of carbonyl (C=O) groups is 4. The molecule has 0 saturated heterocycles. The van der Waals surface area contributed by atoms with Crippen molar-refractivity contribution in [3.63, 3.8) is 0 Å². The third kappa shape index (κ3) is 11.9. The molecule has 0 aliphatic rings. The summed E-state index contributed by atoms with van der Waals surface area (Å²) < 4.78 is 15.1. The number of carboxylic acids is 2. The number of hydrogen-bond donors (Lipinski definition) is 5. The fourth-order valence-electron chi connectivity index (χ4n) is 3.17. The van der Waals surface area contributed by atoms with Crippen molar-refractivity contribution in [3.05, 3.63) is 82.9 Å². The van der Waals surface area contributed by atoms with Crippen molar-refractivity contribution < 1.29 is 38.7 Å². The zero-order valence-corrected chi connectivity index (χ0v) is 24.0. The van der Waals surface area contributed by atoms with E-state index >= 15 is 0 Å². The Hall–Kier alpha value is -4.14. The number of carbonyl (C=O) groups excluding carboxylic acids is 2. The Morgan fingerprint density at radius 3 is 2.37 bits per heavy atom. The van der Waals surface area contributed by atoms with Gasteiger partial charge in [0.05, 0.1) is 41.8 Å². The number of aryl methyl sites for hydroxylation is 2. The van der Waals surface area contributed by atoms with Crippen LogP contribution in [0.15, 0.2) is 59.8 Å². The summed E-state index contributed by atoms with van der Waals surface area (Å²) in [5.74, 6) is -2.11. The third-order valence-electron chi connectivity index (χ3n) is 5.22. The number of aromatic nitrogens is 2. The van der Waals surface area contributed by atoms with Gasteiger partial charge in [-0.15, -0.1) is 0 Å². The number of nitrogens with zero attached hydrogens (tertiary/aromatic N) is 2. The van der Waals surface area contributed by atoms with Crippen LogP contribution in [0.1, 0.15) is 44.6 Å². The topological polar surface area (TPSA) is 196 Å². The van der Waals surface area contributed by atoms with Crippen molar-refractivity contribution in [2.24, 2.45) is 0 Å². The summed E-state index contributed by atoms with van der Waals surface area (Å²) in [5.41, 5.74) is 2.55. The van der Waals surface area contributed by atoms with Gasteiger partial charge in [0.2, 0.25) is 0 Å². The molecule has 1 atom stereocenters. The Bertz CT molecular complexity index is 1400. The molecule has 218 valence electrons. The lowest BCUT2D eigenvalue weighted by Crippen LogP contribution is -2.31. The number of Topliss-reactive ketones (excluding diaryl/α,β-unsaturated/α-hetero) is 1. The van der Waals surface area contributed by atoms with Crippen LogP contribution in [0, 0.1) is 6.92 Å². The van der Waals surface area contributed by atoms with Gasteiger partial charge in [0, 0.05) is 6.92 Å². The Balaban J connectivity index is 0.00000138. The molecule has 1 aromatic heterocycles. The average molecular weight is 603 g/mol. The molecule has 1 heterocycles. The van der Waals surface area contributed by atoms with Crippen LogP contribution in [0.3, 0.4) is 0 Å². The van der Waals surface area contributed by atoms with Gasteiger partial charge < -0.3 is 20.6 Å². The van der Waals surface area contributed by atoms with Crippen LogP contribution < -0.4 is 10.0 Å². The number of carboxylic acid groups (broad SMARTS) is 2. The molecule has 3 aromatic rings. The lowest BCUT2D eigenvalue weighted by atomic mass is 10.1. The molecule has 0 saturated carbocycles. The minimum absolute atomic E-state index is 0.0308. The number of benzene rings is 2. The van der Waals surface area contributed by atoms with Crippen LogP contribution in [0.25, 0.3) is 0 Å². The number of nitrogens with one attached hydrogen (secondary N) is 2. The highest BCUT2D eigenvalue weighted by Gasteiger charge is 2.14. The highest BCUT2D eigenvalue weighted by Crippen LogP contribution is 2.20. The van der Waals surface area contributed by atoms with Crippen LogP contribution in [-0.2, 0) is 33.5 Å². The van der Waals surface area contributed by atoms with Gasteiger partial charge in [-0.3, -0.25) is 19.4 Å². The summed E-state index contributed by atoms with van der Waals surface area (Å²) >= 11 is 1.52. The van der Waals surface area contributed by atoms with E-state index in [1.54, 1.807) is 0 Å². The maximum Gasteiger partial charge on any atom is 0.339 e. The first-order chi connectivity index (χ1) is 19.5. The maximum atomic E-state index is 12.4. The predicted molar refractivity (Wildman–Crippen MR) is 153 cm³/mol. The van der Waals surface area contributed by atoms with E-state index in [9.17, 15) is 23.7 Å². The van der Waals surface area contributed by atoms with Crippen LogP contribution in [-0.4, -0.2) is 71.2 Å². The van der Waals surface area contributed by atoms with Crippen molar-refractivity contribution in [3.8, 4) is 5.75 Å². The predicted octanol–water partition coefficient (Wildman–Crippen LogP) is 2.37. The fraction of sp³-hybridized carbons (Fsp3) is 0.259. The van der Waals surface area contributed by atoms with Crippen molar-refractivity contribution in [2.75, 3.05) is 18.1 Å². The van der Waals surface area contributed by atoms with Gasteiger partial charge in [0.25, 0.3) is 11.9 Å². The summed E-state index contributed by atoms with van der Waals surface area (Å²) in [7, 11) is -1.77. The zero-order valence-electron chi connectivity index (χ0n) is 22.3. The van der Waals surface area contributed by atoms with E-state index in [2.05, 4.69) is 39.1 Å². The van der Waals surface area contributed by atoms with E-state index in [0.717, 1.165) is 31.2 Å². The van der Waals surface area contributed by atoms with E-state index in [0.29, 0.717) is 11.4 Å². The summed E-state index contributed by atoms with van der Waals surface area (Å²) in [6, 6.07) is 11.7. The molecule has 0 fully saturated rings. The largest absolute Gasteiger partial charge is 0.507 e. The molecule has 12 nitrogen and oxygen atoms in total. The van der Waals surface area contributed by atoms with Crippen LogP contribution in [0.5, 0.6) is 5.75 Å². The Morgan fingerprint density at radius 1 is 1.02 bits per heavy atom. The number of thioether (sulfide) groups is 1. The second kappa shape index (κ2) is 16.8. The molecule has 0 aliphatic carbocycles. The molecule has 5 N–H and O–H groups in total. The molecule has 41 heavy (non-hydrogen) atoms. The van der Waals surface area contributed by atoms with Gasteiger partial charge in [0.1, 0.15) is 28.0 Å². The van der Waals surface area contributed by atoms with Crippen LogP contribution >= 0.6 is 11.8 Å². The Morgan fingerprint density at radius 2 is 1.73 bits per heavy atom. The molecule has 0 aliphatic heterocycles. The molecule has 2 aromatic carbocycles. The molecule has 0 radical (unpaired) electrons. The highest BCUT2D eigenvalue weighted by molar-refractivity contribution is 7.99. The quantitative estimate of drug-likeness (QED) is 0.180. The van der Waals surface area contributed by atoms with Crippen LogP contribution in [0.4, 0.5) is 0 Å². The van der Waals surface area contributed by atoms with Gasteiger partial charge in [-0.1, -0.05) is 24.3 Å². The summed E-state index contributed by atoms with van der Waals surface area (Å²) in [6.45, 7) is 3.07. The van der Waals surface area contributed by atoms with Crippen LogP contribution in [0.2, 0.25) is 0 Å². The zero-order chi connectivity index (χ0) is 30.4. The Labute approximate surface area is 243 Å². The second-order valence-electron chi connectivity index (χ2n) is 8.44. The summed E-state index contributed by atoms with van der Waals surface area (Å²) in [6.07, 6.45) is 3.46. The number of rotatable bonds is 13. The third-order valence-corrected chi connectivity index (χ3v) is 7.33. The standard InChI is InChI=1S/C25H26N4O6S2.C2H4O2/c1-16-4-2-3-5-17(16)8-9-36-15-19(30)13-28-24(32)22-14-26-18(11-27-22)12-29-37(35)20-6-7-23(31)21(10-20)25(33)34;1-2(3)4/h2-7,10-11,14,29,31H,8-9,12-13,15H2,1H3,(H,28,32)(H,33,34);1H3,(H,3,4). The number of aromatic carboxylic acids is 1. The van der Waals surface area contributed by atoms with Crippen molar-refractivity contribution >= 4 is 46.4 Å². The van der Waals surface area contributed by atoms with Crippen molar-refractivity contribution in [2.45, 2.75) is 31.7 Å². The smallest absolute Gasteiger partial charge is 0.339 e. The first-order valence-corrected chi connectivity index (χ1v) is 14.4.